The zero-order valence-corrected chi connectivity index (χ0v) is 6.85. The van der Waals surface area contributed by atoms with Gasteiger partial charge in [-0.25, -0.2) is 0 Å². The molecule has 2 N–H and O–H groups in total. The van der Waals surface area contributed by atoms with Crippen LogP contribution in [0.1, 0.15) is 0 Å². The monoisotopic (exact) mass is 240 g/mol. The second kappa shape index (κ2) is 2.02. The largest absolute Gasteiger partial charge is 0.321 e. The molecule has 0 fully saturated rings. The predicted octanol–water partition coefficient (Wildman–Crippen LogP) is 0.517. The van der Waals surface area contributed by atoms with E-state index < -0.39 is 0 Å². The van der Waals surface area contributed by atoms with Crippen LogP contribution in [0.5, 0.6) is 0 Å². The standard InChI is InChI=1S/C2H2Br2N4/c3-1-2(4)8(5)7-6-1/h5H2. The molecule has 44 valence electrons. The average molecular weight is 242 g/mol. The molecule has 0 aliphatic carbocycles. The minimum absolute atomic E-state index is 0.611. The molecule has 0 unspecified atom stereocenters. The lowest BCUT2D eigenvalue weighted by Crippen LogP contribution is -2.09. The van der Waals surface area contributed by atoms with Crippen LogP contribution in [0.4, 0.5) is 0 Å². The maximum Gasteiger partial charge on any atom is 0.165 e. The van der Waals surface area contributed by atoms with E-state index >= 15 is 0 Å². The lowest BCUT2D eigenvalue weighted by Gasteiger charge is -1.84. The van der Waals surface area contributed by atoms with Crippen molar-refractivity contribution in [2.24, 2.45) is 0 Å². The van der Waals surface area contributed by atoms with Crippen molar-refractivity contribution in [1.82, 2.24) is 15.1 Å². The number of nitrogen functional groups attached to an aromatic ring is 1. The molecule has 0 aliphatic heterocycles. The second-order valence-electron chi connectivity index (χ2n) is 1.12. The highest BCUT2D eigenvalue weighted by Gasteiger charge is 2.01. The van der Waals surface area contributed by atoms with Gasteiger partial charge in [-0.3, -0.25) is 0 Å². The molecule has 1 aromatic heterocycles. The number of nitrogens with zero attached hydrogens (tertiary/aromatic N) is 3. The Labute approximate surface area is 62.3 Å². The van der Waals surface area contributed by atoms with Gasteiger partial charge in [-0.2, -0.15) is 4.79 Å². The molecule has 1 aromatic rings. The Morgan fingerprint density at radius 3 is 2.25 bits per heavy atom. The first-order valence-corrected chi connectivity index (χ1v) is 3.32. The van der Waals surface area contributed by atoms with Crippen molar-refractivity contribution < 1.29 is 0 Å². The van der Waals surface area contributed by atoms with Gasteiger partial charge in [-0.15, -0.1) is 5.10 Å². The minimum Gasteiger partial charge on any atom is -0.321 e. The van der Waals surface area contributed by atoms with Crippen LogP contribution in [-0.2, 0) is 0 Å². The summed E-state index contributed by atoms with van der Waals surface area (Å²) in [6.07, 6.45) is 0. The summed E-state index contributed by atoms with van der Waals surface area (Å²) >= 11 is 6.21. The highest BCUT2D eigenvalue weighted by molar-refractivity contribution is 9.13. The molecule has 0 aliphatic rings. The van der Waals surface area contributed by atoms with Crippen molar-refractivity contribution in [3.63, 3.8) is 0 Å². The number of nitrogens with two attached hydrogens (primary N) is 1. The number of hydrogen-bond acceptors (Lipinski definition) is 3. The van der Waals surface area contributed by atoms with E-state index in [1.54, 1.807) is 0 Å². The average Bonchev–Trinajstić information content (AvgIpc) is 1.98. The fourth-order valence-electron chi connectivity index (χ4n) is 0.262. The van der Waals surface area contributed by atoms with Crippen LogP contribution in [0.2, 0.25) is 0 Å². The minimum atomic E-state index is 0.611. The van der Waals surface area contributed by atoms with E-state index in [-0.39, 0.29) is 0 Å². The van der Waals surface area contributed by atoms with Gasteiger partial charge >= 0.3 is 0 Å². The third-order valence-corrected chi connectivity index (χ3v) is 2.41. The Morgan fingerprint density at radius 2 is 2.12 bits per heavy atom. The fraction of sp³-hybridized carbons (Fsp3) is 0. The third-order valence-electron chi connectivity index (χ3n) is 0.600. The Balaban J connectivity index is 3.19. The van der Waals surface area contributed by atoms with Crippen molar-refractivity contribution in [3.05, 3.63) is 9.21 Å². The van der Waals surface area contributed by atoms with Gasteiger partial charge in [0.25, 0.3) is 0 Å². The van der Waals surface area contributed by atoms with Crippen LogP contribution in [-0.4, -0.2) is 15.1 Å². The molecular formula is C2H2Br2N4. The highest BCUT2D eigenvalue weighted by Crippen LogP contribution is 2.16. The van der Waals surface area contributed by atoms with Crippen LogP contribution >= 0.6 is 31.9 Å². The Bertz CT molecular complexity index is 174. The van der Waals surface area contributed by atoms with Gasteiger partial charge in [0.05, 0.1) is 0 Å². The van der Waals surface area contributed by atoms with Gasteiger partial charge in [0, 0.05) is 0 Å². The molecule has 6 heteroatoms. The van der Waals surface area contributed by atoms with Gasteiger partial charge < -0.3 is 5.84 Å². The summed E-state index contributed by atoms with van der Waals surface area (Å²) in [5.41, 5.74) is 0. The Kier molecular flexibility index (Phi) is 1.52. The summed E-state index contributed by atoms with van der Waals surface area (Å²) in [4.78, 5) is 1.13. The van der Waals surface area contributed by atoms with Crippen molar-refractivity contribution in [3.8, 4) is 0 Å². The van der Waals surface area contributed by atoms with Gasteiger partial charge in [0.15, 0.2) is 9.21 Å². The number of rotatable bonds is 0. The molecule has 0 atom stereocenters. The number of aromatic nitrogens is 3. The SMILES string of the molecule is Nn1nnc(Br)c1Br. The summed E-state index contributed by atoms with van der Waals surface area (Å²) in [6, 6.07) is 0. The summed E-state index contributed by atoms with van der Waals surface area (Å²) in [5.74, 6) is 5.21. The van der Waals surface area contributed by atoms with Crippen molar-refractivity contribution >= 4 is 31.9 Å². The predicted molar refractivity (Wildman–Crippen MR) is 35.6 cm³/mol. The molecule has 1 rings (SSSR count). The van der Waals surface area contributed by atoms with Gasteiger partial charge in [0.1, 0.15) is 0 Å². The smallest absolute Gasteiger partial charge is 0.165 e. The van der Waals surface area contributed by atoms with Crippen LogP contribution in [0.25, 0.3) is 0 Å². The first kappa shape index (κ1) is 6.03. The van der Waals surface area contributed by atoms with Gasteiger partial charge in [-0.1, -0.05) is 0 Å². The normalized spacial score (nSPS) is 9.75. The molecule has 1 heterocycles. The summed E-state index contributed by atoms with van der Waals surface area (Å²) in [6.45, 7) is 0. The van der Waals surface area contributed by atoms with Crippen molar-refractivity contribution in [2.75, 3.05) is 5.84 Å². The molecule has 4 nitrogen and oxygen atoms in total. The summed E-state index contributed by atoms with van der Waals surface area (Å²) < 4.78 is 1.25. The van der Waals surface area contributed by atoms with Gasteiger partial charge in [-0.05, 0) is 37.1 Å². The second-order valence-corrected chi connectivity index (χ2v) is 2.62. The first-order chi connectivity index (χ1) is 3.72. The molecular weight excluding hydrogens is 240 g/mol. The molecule has 0 amide bonds. The first-order valence-electron chi connectivity index (χ1n) is 1.73. The maximum atomic E-state index is 5.21. The molecule has 8 heavy (non-hydrogen) atoms. The summed E-state index contributed by atoms with van der Waals surface area (Å²) in [7, 11) is 0. The topological polar surface area (TPSA) is 56.7 Å². The van der Waals surface area contributed by atoms with Gasteiger partial charge in [0.2, 0.25) is 0 Å². The highest BCUT2D eigenvalue weighted by atomic mass is 79.9. The molecule has 0 saturated heterocycles. The van der Waals surface area contributed by atoms with Crippen LogP contribution in [0.15, 0.2) is 9.21 Å². The zero-order chi connectivity index (χ0) is 6.15. The van der Waals surface area contributed by atoms with E-state index in [2.05, 4.69) is 42.2 Å². The Hall–Kier alpha value is -0.100. The van der Waals surface area contributed by atoms with Crippen LogP contribution < -0.4 is 5.84 Å². The van der Waals surface area contributed by atoms with E-state index in [0.717, 1.165) is 4.79 Å². The Morgan fingerprint density at radius 1 is 1.50 bits per heavy atom. The molecule has 0 bridgehead atoms. The fourth-order valence-corrected chi connectivity index (χ4v) is 0.665. The van der Waals surface area contributed by atoms with E-state index in [1.165, 1.54) is 0 Å². The third kappa shape index (κ3) is 0.851. The molecule has 0 saturated carbocycles. The molecule has 0 spiro atoms. The molecule has 0 aromatic carbocycles. The van der Waals surface area contributed by atoms with E-state index in [1.807, 2.05) is 0 Å². The van der Waals surface area contributed by atoms with E-state index in [4.69, 9.17) is 5.84 Å². The maximum absolute atomic E-state index is 5.21. The lowest BCUT2D eigenvalue weighted by atomic mass is 10.9. The summed E-state index contributed by atoms with van der Waals surface area (Å²) in [5, 5.41) is 7.04. The van der Waals surface area contributed by atoms with E-state index in [0.29, 0.717) is 9.21 Å². The number of halogens is 2. The zero-order valence-electron chi connectivity index (χ0n) is 3.67. The quantitative estimate of drug-likeness (QED) is 0.674. The lowest BCUT2D eigenvalue weighted by molar-refractivity contribution is 0.753. The van der Waals surface area contributed by atoms with Crippen LogP contribution in [0, 0.1) is 0 Å². The van der Waals surface area contributed by atoms with Crippen molar-refractivity contribution in [1.29, 1.82) is 0 Å². The van der Waals surface area contributed by atoms with E-state index in [9.17, 15) is 0 Å². The number of hydrogen-bond donors (Lipinski definition) is 1. The van der Waals surface area contributed by atoms with Crippen LogP contribution in [0.3, 0.4) is 0 Å². The molecule has 0 radical (unpaired) electrons. The van der Waals surface area contributed by atoms with Crippen molar-refractivity contribution in [2.45, 2.75) is 0 Å².